The van der Waals surface area contributed by atoms with Crippen LogP contribution in [0.3, 0.4) is 0 Å². The van der Waals surface area contributed by atoms with Crippen molar-refractivity contribution in [1.29, 1.82) is 0 Å². The molecule has 4 nitrogen and oxygen atoms in total. The first kappa shape index (κ1) is 13.9. The van der Waals surface area contributed by atoms with Crippen molar-refractivity contribution in [3.8, 4) is 0 Å². The topological polar surface area (TPSA) is 49.4 Å². The summed E-state index contributed by atoms with van der Waals surface area (Å²) in [5.74, 6) is 0.0281. The van der Waals surface area contributed by atoms with Crippen molar-refractivity contribution in [2.75, 3.05) is 11.4 Å². The van der Waals surface area contributed by atoms with Gasteiger partial charge in [-0.2, -0.15) is 0 Å². The number of carbonyl (C=O) groups is 2. The molecule has 0 aliphatic carbocycles. The molecule has 0 saturated carbocycles. The Kier molecular flexibility index (Phi) is 3.80. The number of fused-ring (bicyclic) bond motifs is 1. The highest BCUT2D eigenvalue weighted by Crippen LogP contribution is 2.37. The van der Waals surface area contributed by atoms with Gasteiger partial charge in [0.25, 0.3) is 5.91 Å². The minimum absolute atomic E-state index is 0.0961. The zero-order valence-electron chi connectivity index (χ0n) is 11.2. The summed E-state index contributed by atoms with van der Waals surface area (Å²) in [6, 6.07) is 4.72. The smallest absolute Gasteiger partial charge is 0.254 e. The monoisotopic (exact) mass is 280 g/mol. The molecule has 0 aromatic heterocycles. The van der Waals surface area contributed by atoms with E-state index in [-0.39, 0.29) is 11.8 Å². The van der Waals surface area contributed by atoms with Crippen LogP contribution in [-0.4, -0.2) is 18.4 Å². The van der Waals surface area contributed by atoms with Crippen LogP contribution in [0.2, 0.25) is 5.02 Å². The lowest BCUT2D eigenvalue weighted by Gasteiger charge is -2.20. The van der Waals surface area contributed by atoms with Gasteiger partial charge in [-0.3, -0.25) is 9.59 Å². The molecule has 1 N–H and O–H groups in total. The van der Waals surface area contributed by atoms with Gasteiger partial charge in [-0.05, 0) is 24.1 Å². The van der Waals surface area contributed by atoms with E-state index in [9.17, 15) is 9.59 Å². The van der Waals surface area contributed by atoms with E-state index in [1.165, 1.54) is 6.92 Å². The maximum Gasteiger partial charge on any atom is 0.254 e. The molecule has 1 heterocycles. The largest absolute Gasteiger partial charge is 0.341 e. The molecule has 0 fully saturated rings. The maximum atomic E-state index is 12.4. The van der Waals surface area contributed by atoms with Crippen molar-refractivity contribution < 1.29 is 9.59 Å². The fraction of sp³-hybridized carbons (Fsp3) is 0.429. The standard InChI is InChI=1S/C14H17ClN2O2/c1-8(2)7-17-12-5-4-10(15)6-11(12)13(14(17)19)16-9(3)18/h4-6,8,13H,7H2,1-3H3,(H,16,18). The van der Waals surface area contributed by atoms with Crippen molar-refractivity contribution in [3.63, 3.8) is 0 Å². The van der Waals surface area contributed by atoms with Crippen LogP contribution in [0.1, 0.15) is 32.4 Å². The number of benzene rings is 1. The molecule has 102 valence electrons. The SMILES string of the molecule is CC(=O)NC1C(=O)N(CC(C)C)c2ccc(Cl)cc21. The summed E-state index contributed by atoms with van der Waals surface area (Å²) in [5.41, 5.74) is 1.61. The minimum Gasteiger partial charge on any atom is -0.341 e. The molecule has 0 radical (unpaired) electrons. The second-order valence-corrected chi connectivity index (χ2v) is 5.62. The highest BCUT2D eigenvalue weighted by molar-refractivity contribution is 6.31. The summed E-state index contributed by atoms with van der Waals surface area (Å²) in [5, 5.41) is 3.25. The first-order chi connectivity index (χ1) is 8.90. The molecule has 1 atom stereocenters. The fourth-order valence-electron chi connectivity index (χ4n) is 2.31. The van der Waals surface area contributed by atoms with Crippen molar-refractivity contribution in [3.05, 3.63) is 28.8 Å². The van der Waals surface area contributed by atoms with E-state index in [0.717, 1.165) is 11.3 Å². The Morgan fingerprint density at radius 1 is 1.47 bits per heavy atom. The van der Waals surface area contributed by atoms with Crippen LogP contribution < -0.4 is 10.2 Å². The fourth-order valence-corrected chi connectivity index (χ4v) is 2.49. The van der Waals surface area contributed by atoms with E-state index in [0.29, 0.717) is 17.5 Å². The number of hydrogen-bond donors (Lipinski definition) is 1. The summed E-state index contributed by atoms with van der Waals surface area (Å²) >= 11 is 5.98. The second kappa shape index (κ2) is 5.21. The third-order valence-electron chi connectivity index (χ3n) is 3.00. The molecule has 0 saturated heterocycles. The summed E-state index contributed by atoms with van der Waals surface area (Å²) in [6.45, 7) is 6.13. The van der Waals surface area contributed by atoms with Crippen LogP contribution in [0, 0.1) is 5.92 Å². The molecule has 0 spiro atoms. The predicted octanol–water partition coefficient (Wildman–Crippen LogP) is 2.52. The normalized spacial score (nSPS) is 17.8. The molecule has 1 aromatic carbocycles. The Labute approximate surface area is 117 Å². The third kappa shape index (κ3) is 2.73. The summed E-state index contributed by atoms with van der Waals surface area (Å²) in [7, 11) is 0. The van der Waals surface area contributed by atoms with Crippen LogP contribution in [0.4, 0.5) is 5.69 Å². The van der Waals surface area contributed by atoms with Crippen LogP contribution >= 0.6 is 11.6 Å². The van der Waals surface area contributed by atoms with Gasteiger partial charge in [0, 0.05) is 29.7 Å². The Bertz CT molecular complexity index is 528. The molecule has 1 aliphatic rings. The van der Waals surface area contributed by atoms with Crippen LogP contribution in [0.5, 0.6) is 0 Å². The van der Waals surface area contributed by atoms with Crippen molar-refractivity contribution >= 4 is 29.1 Å². The van der Waals surface area contributed by atoms with Gasteiger partial charge in [-0.1, -0.05) is 25.4 Å². The van der Waals surface area contributed by atoms with Crippen LogP contribution in [-0.2, 0) is 9.59 Å². The molecule has 2 rings (SSSR count). The number of amides is 2. The van der Waals surface area contributed by atoms with Crippen molar-refractivity contribution in [2.45, 2.75) is 26.8 Å². The zero-order valence-corrected chi connectivity index (χ0v) is 12.0. The molecule has 19 heavy (non-hydrogen) atoms. The molecular weight excluding hydrogens is 264 g/mol. The van der Waals surface area contributed by atoms with Gasteiger partial charge in [0.15, 0.2) is 0 Å². The van der Waals surface area contributed by atoms with E-state index >= 15 is 0 Å². The number of nitrogens with one attached hydrogen (secondary N) is 1. The first-order valence-corrected chi connectivity index (χ1v) is 6.66. The lowest BCUT2D eigenvalue weighted by Crippen LogP contribution is -2.38. The number of halogens is 1. The van der Waals surface area contributed by atoms with Gasteiger partial charge in [-0.15, -0.1) is 0 Å². The van der Waals surface area contributed by atoms with E-state index < -0.39 is 6.04 Å². The van der Waals surface area contributed by atoms with Gasteiger partial charge in [0.1, 0.15) is 6.04 Å². The van der Waals surface area contributed by atoms with Crippen molar-refractivity contribution in [2.24, 2.45) is 5.92 Å². The van der Waals surface area contributed by atoms with Crippen LogP contribution in [0.15, 0.2) is 18.2 Å². The number of hydrogen-bond acceptors (Lipinski definition) is 2. The lowest BCUT2D eigenvalue weighted by molar-refractivity contribution is -0.126. The molecule has 0 bridgehead atoms. The summed E-state index contributed by atoms with van der Waals surface area (Å²) < 4.78 is 0. The van der Waals surface area contributed by atoms with Crippen LogP contribution in [0.25, 0.3) is 0 Å². The van der Waals surface area contributed by atoms with E-state index in [4.69, 9.17) is 11.6 Å². The Balaban J connectivity index is 2.42. The van der Waals surface area contributed by atoms with E-state index in [1.807, 2.05) is 6.07 Å². The van der Waals surface area contributed by atoms with Crippen molar-refractivity contribution in [1.82, 2.24) is 5.32 Å². The summed E-state index contributed by atoms with van der Waals surface area (Å²) in [4.78, 5) is 25.4. The second-order valence-electron chi connectivity index (χ2n) is 5.18. The quantitative estimate of drug-likeness (QED) is 0.925. The first-order valence-electron chi connectivity index (χ1n) is 6.28. The van der Waals surface area contributed by atoms with Gasteiger partial charge in [0.05, 0.1) is 0 Å². The highest BCUT2D eigenvalue weighted by Gasteiger charge is 2.37. The summed E-state index contributed by atoms with van der Waals surface area (Å²) in [6.07, 6.45) is 0. The number of anilines is 1. The maximum absolute atomic E-state index is 12.4. The predicted molar refractivity (Wildman–Crippen MR) is 75.2 cm³/mol. The van der Waals surface area contributed by atoms with E-state index in [2.05, 4.69) is 19.2 Å². The Morgan fingerprint density at radius 3 is 2.74 bits per heavy atom. The third-order valence-corrected chi connectivity index (χ3v) is 3.23. The lowest BCUT2D eigenvalue weighted by atomic mass is 10.1. The van der Waals surface area contributed by atoms with Gasteiger partial charge in [0.2, 0.25) is 5.91 Å². The highest BCUT2D eigenvalue weighted by atomic mass is 35.5. The average molecular weight is 281 g/mol. The zero-order chi connectivity index (χ0) is 14.2. The number of carbonyl (C=O) groups excluding carboxylic acids is 2. The Hall–Kier alpha value is -1.55. The molecule has 1 aliphatic heterocycles. The van der Waals surface area contributed by atoms with Gasteiger partial charge >= 0.3 is 0 Å². The molecule has 5 heteroatoms. The average Bonchev–Trinajstić information content (AvgIpc) is 2.53. The molecule has 1 aromatic rings. The molecular formula is C14H17ClN2O2. The number of nitrogens with zero attached hydrogens (tertiary/aromatic N) is 1. The van der Waals surface area contributed by atoms with E-state index in [1.54, 1.807) is 17.0 Å². The van der Waals surface area contributed by atoms with Gasteiger partial charge in [-0.25, -0.2) is 0 Å². The molecule has 1 unspecified atom stereocenters. The Morgan fingerprint density at radius 2 is 2.16 bits per heavy atom. The molecule has 2 amide bonds. The van der Waals surface area contributed by atoms with Gasteiger partial charge < -0.3 is 10.2 Å². The minimum atomic E-state index is -0.620. The number of rotatable bonds is 3.